The third-order valence-corrected chi connectivity index (χ3v) is 3.36. The number of hydrogen-bond acceptors (Lipinski definition) is 3. The fraction of sp³-hybridized carbons (Fsp3) is 0.500. The molecule has 4 nitrogen and oxygen atoms in total. The van der Waals surface area contributed by atoms with E-state index in [9.17, 15) is 4.79 Å². The highest BCUT2D eigenvalue weighted by Crippen LogP contribution is 2.29. The van der Waals surface area contributed by atoms with Gasteiger partial charge in [0.1, 0.15) is 5.75 Å². The fourth-order valence-corrected chi connectivity index (χ4v) is 2.02. The molecule has 0 spiro atoms. The summed E-state index contributed by atoms with van der Waals surface area (Å²) in [5, 5.41) is 6.59. The zero-order chi connectivity index (χ0) is 13.7. The van der Waals surface area contributed by atoms with Crippen LogP contribution in [0.2, 0.25) is 5.02 Å². The summed E-state index contributed by atoms with van der Waals surface area (Å²) in [5.41, 5.74) is 1.04. The maximum Gasteiger partial charge on any atom is 0.223 e. The summed E-state index contributed by atoms with van der Waals surface area (Å²) in [7, 11) is 1.61. The van der Waals surface area contributed by atoms with Gasteiger partial charge in [-0.3, -0.25) is 4.79 Å². The normalized spacial score (nSPS) is 14.2. The van der Waals surface area contributed by atoms with Gasteiger partial charge in [-0.15, -0.1) is 0 Å². The number of benzene rings is 1. The fourth-order valence-electron chi connectivity index (χ4n) is 1.77. The van der Waals surface area contributed by atoms with E-state index in [1.165, 1.54) is 12.8 Å². The van der Waals surface area contributed by atoms with E-state index < -0.39 is 0 Å². The number of hydrogen-bond donors (Lipinski definition) is 2. The van der Waals surface area contributed by atoms with Crippen LogP contribution in [-0.4, -0.2) is 25.6 Å². The monoisotopic (exact) mass is 282 g/mol. The summed E-state index contributed by atoms with van der Waals surface area (Å²) in [6.07, 6.45) is 2.82. The van der Waals surface area contributed by atoms with Crippen LogP contribution in [0.25, 0.3) is 0 Å². The van der Waals surface area contributed by atoms with Gasteiger partial charge in [0, 0.05) is 25.2 Å². The lowest BCUT2D eigenvalue weighted by atomic mass is 10.2. The summed E-state index contributed by atoms with van der Waals surface area (Å²) in [4.78, 5) is 11.2. The molecule has 1 amide bonds. The Morgan fingerprint density at radius 2 is 2.26 bits per heavy atom. The largest absolute Gasteiger partial charge is 0.491 e. The quantitative estimate of drug-likeness (QED) is 0.805. The molecule has 1 saturated carbocycles. The lowest BCUT2D eigenvalue weighted by Gasteiger charge is -2.13. The van der Waals surface area contributed by atoms with Crippen LogP contribution in [0.1, 0.15) is 24.8 Å². The molecule has 0 aliphatic heterocycles. The van der Waals surface area contributed by atoms with E-state index in [1.807, 2.05) is 12.1 Å². The van der Waals surface area contributed by atoms with Crippen LogP contribution in [0.15, 0.2) is 18.2 Å². The second-order valence-electron chi connectivity index (χ2n) is 4.65. The summed E-state index contributed by atoms with van der Waals surface area (Å²) < 4.78 is 5.66. The van der Waals surface area contributed by atoms with Gasteiger partial charge in [0.25, 0.3) is 0 Å². The number of carbonyl (C=O) groups excluding carboxylic acids is 1. The van der Waals surface area contributed by atoms with Crippen LogP contribution in [-0.2, 0) is 11.3 Å². The highest BCUT2D eigenvalue weighted by atomic mass is 35.5. The van der Waals surface area contributed by atoms with E-state index >= 15 is 0 Å². The number of para-hydroxylation sites is 1. The molecule has 2 N–H and O–H groups in total. The topological polar surface area (TPSA) is 50.4 Å². The second kappa shape index (κ2) is 6.78. The van der Waals surface area contributed by atoms with Gasteiger partial charge >= 0.3 is 0 Å². The Morgan fingerprint density at radius 1 is 1.47 bits per heavy atom. The molecule has 1 aliphatic rings. The summed E-state index contributed by atoms with van der Waals surface area (Å²) in [5.74, 6) is 0.644. The van der Waals surface area contributed by atoms with Crippen LogP contribution in [0.3, 0.4) is 0 Å². The first-order valence-electron chi connectivity index (χ1n) is 6.55. The predicted molar refractivity (Wildman–Crippen MR) is 75.5 cm³/mol. The Bertz CT molecular complexity index is 447. The first kappa shape index (κ1) is 14.2. The SMILES string of the molecule is CNC(=O)CCOc1c(Cl)cccc1CNC1CC1. The smallest absolute Gasteiger partial charge is 0.223 e. The second-order valence-corrected chi connectivity index (χ2v) is 5.06. The Morgan fingerprint density at radius 3 is 2.95 bits per heavy atom. The molecule has 0 unspecified atom stereocenters. The van der Waals surface area contributed by atoms with Gasteiger partial charge in [0.05, 0.1) is 18.1 Å². The molecule has 1 aliphatic carbocycles. The summed E-state index contributed by atoms with van der Waals surface area (Å²) >= 11 is 6.16. The van der Waals surface area contributed by atoms with Crippen molar-refractivity contribution < 1.29 is 9.53 Å². The molecule has 104 valence electrons. The van der Waals surface area contributed by atoms with Gasteiger partial charge in [-0.25, -0.2) is 0 Å². The van der Waals surface area contributed by atoms with Crippen LogP contribution in [0.5, 0.6) is 5.75 Å². The number of halogens is 1. The highest BCUT2D eigenvalue weighted by molar-refractivity contribution is 6.32. The average molecular weight is 283 g/mol. The Hall–Kier alpha value is -1.26. The minimum atomic E-state index is -0.0373. The van der Waals surface area contributed by atoms with E-state index in [-0.39, 0.29) is 5.91 Å². The Labute approximate surface area is 118 Å². The zero-order valence-corrected chi connectivity index (χ0v) is 11.8. The minimum Gasteiger partial charge on any atom is -0.491 e. The van der Waals surface area contributed by atoms with Gasteiger partial charge in [-0.1, -0.05) is 23.7 Å². The molecule has 1 aromatic rings. The molecular weight excluding hydrogens is 264 g/mol. The van der Waals surface area contributed by atoms with Crippen molar-refractivity contribution >= 4 is 17.5 Å². The minimum absolute atomic E-state index is 0.0373. The van der Waals surface area contributed by atoms with Crippen molar-refractivity contribution in [2.24, 2.45) is 0 Å². The number of amides is 1. The molecule has 1 aromatic carbocycles. The van der Waals surface area contributed by atoms with Crippen molar-refractivity contribution in [1.29, 1.82) is 0 Å². The standard InChI is InChI=1S/C14H19ClN2O2/c1-16-13(18)7-8-19-14-10(3-2-4-12(14)15)9-17-11-5-6-11/h2-4,11,17H,5-9H2,1H3,(H,16,18). The maximum atomic E-state index is 11.2. The molecule has 5 heteroatoms. The zero-order valence-electron chi connectivity index (χ0n) is 11.0. The molecule has 19 heavy (non-hydrogen) atoms. The molecule has 2 rings (SSSR count). The lowest BCUT2D eigenvalue weighted by Crippen LogP contribution is -2.20. The van der Waals surface area contributed by atoms with E-state index in [0.29, 0.717) is 29.8 Å². The highest BCUT2D eigenvalue weighted by Gasteiger charge is 2.21. The van der Waals surface area contributed by atoms with Crippen molar-refractivity contribution in [2.45, 2.75) is 31.8 Å². The number of rotatable bonds is 7. The van der Waals surface area contributed by atoms with E-state index in [1.54, 1.807) is 13.1 Å². The van der Waals surface area contributed by atoms with Gasteiger partial charge < -0.3 is 15.4 Å². The van der Waals surface area contributed by atoms with Crippen molar-refractivity contribution in [3.8, 4) is 5.75 Å². The van der Waals surface area contributed by atoms with Crippen LogP contribution in [0, 0.1) is 0 Å². The summed E-state index contributed by atoms with van der Waals surface area (Å²) in [6.45, 7) is 1.08. The third-order valence-electron chi connectivity index (χ3n) is 3.06. The number of carbonyl (C=O) groups is 1. The van der Waals surface area contributed by atoms with Crippen molar-refractivity contribution in [3.63, 3.8) is 0 Å². The molecule has 0 aromatic heterocycles. The van der Waals surface area contributed by atoms with E-state index in [4.69, 9.17) is 16.3 Å². The van der Waals surface area contributed by atoms with Crippen LogP contribution >= 0.6 is 11.6 Å². The van der Waals surface area contributed by atoms with Crippen molar-refractivity contribution in [2.75, 3.05) is 13.7 Å². The molecule has 0 radical (unpaired) electrons. The molecular formula is C14H19ClN2O2. The lowest BCUT2D eigenvalue weighted by molar-refractivity contribution is -0.121. The third kappa shape index (κ3) is 4.40. The molecule has 0 heterocycles. The van der Waals surface area contributed by atoms with Crippen LogP contribution in [0.4, 0.5) is 0 Å². The maximum absolute atomic E-state index is 11.2. The number of nitrogens with one attached hydrogen (secondary N) is 2. The van der Waals surface area contributed by atoms with Gasteiger partial charge in [-0.05, 0) is 18.9 Å². The van der Waals surface area contributed by atoms with E-state index in [2.05, 4.69) is 10.6 Å². The van der Waals surface area contributed by atoms with Gasteiger partial charge in [0.15, 0.2) is 0 Å². The molecule has 0 bridgehead atoms. The summed E-state index contributed by atoms with van der Waals surface area (Å²) in [6, 6.07) is 6.35. The Balaban J connectivity index is 1.93. The van der Waals surface area contributed by atoms with Crippen molar-refractivity contribution in [1.82, 2.24) is 10.6 Å². The Kier molecular flexibility index (Phi) is 5.05. The predicted octanol–water partition coefficient (Wildman–Crippen LogP) is 2.11. The van der Waals surface area contributed by atoms with Gasteiger partial charge in [-0.2, -0.15) is 0 Å². The molecule has 0 saturated heterocycles. The van der Waals surface area contributed by atoms with Crippen molar-refractivity contribution in [3.05, 3.63) is 28.8 Å². The average Bonchev–Trinajstić information content (AvgIpc) is 3.22. The molecule has 0 atom stereocenters. The first-order chi connectivity index (χ1) is 9.20. The van der Waals surface area contributed by atoms with Crippen LogP contribution < -0.4 is 15.4 Å². The molecule has 1 fully saturated rings. The van der Waals surface area contributed by atoms with Gasteiger partial charge in [0.2, 0.25) is 5.91 Å². The number of ether oxygens (including phenoxy) is 1. The first-order valence-corrected chi connectivity index (χ1v) is 6.92. The van der Waals surface area contributed by atoms with E-state index in [0.717, 1.165) is 12.1 Å².